The Hall–Kier alpha value is -1.30. The zero-order chi connectivity index (χ0) is 19.8. The largest absolute Gasteiger partial charge is 0.425 e. The van der Waals surface area contributed by atoms with Gasteiger partial charge >= 0.3 is 6.09 Å². The van der Waals surface area contributed by atoms with Gasteiger partial charge in [0.2, 0.25) is 0 Å². The second-order valence-corrected chi connectivity index (χ2v) is 10.4. The van der Waals surface area contributed by atoms with Gasteiger partial charge in [-0.3, -0.25) is 0 Å². The fourth-order valence-electron chi connectivity index (χ4n) is 3.01. The van der Waals surface area contributed by atoms with E-state index in [4.69, 9.17) is 44.3 Å². The molecule has 2 aromatic carbocycles. The quantitative estimate of drug-likeness (QED) is 0.574. The van der Waals surface area contributed by atoms with Crippen molar-refractivity contribution in [1.82, 2.24) is 0 Å². The first kappa shape index (κ1) is 20.4. The maximum Gasteiger partial charge on any atom is 0.425 e. The van der Waals surface area contributed by atoms with Gasteiger partial charge in [-0.1, -0.05) is 23.2 Å². The van der Waals surface area contributed by atoms with Crippen molar-refractivity contribution in [3.05, 3.63) is 46.4 Å². The zero-order valence-electron chi connectivity index (χ0n) is 15.1. The number of benzene rings is 2. The van der Waals surface area contributed by atoms with E-state index in [0.717, 1.165) is 18.8 Å². The minimum Gasteiger partial charge on any atom is -0.409 e. The monoisotopic (exact) mass is 444 g/mol. The fourth-order valence-corrected chi connectivity index (χ4v) is 6.15. The van der Waals surface area contributed by atoms with E-state index < -0.39 is 12.5 Å². The molecule has 0 aliphatic carbocycles. The van der Waals surface area contributed by atoms with Gasteiger partial charge in [-0.05, 0) is 56.0 Å². The third kappa shape index (κ3) is 3.57. The lowest BCUT2D eigenvalue weighted by molar-refractivity contribution is 0.210. The molecule has 0 aromatic heterocycles. The molecule has 0 saturated carbocycles. The molecule has 1 amide bonds. The highest BCUT2D eigenvalue weighted by Gasteiger charge is 2.42. The van der Waals surface area contributed by atoms with E-state index in [2.05, 4.69) is 18.7 Å². The smallest absolute Gasteiger partial charge is 0.409 e. The van der Waals surface area contributed by atoms with Crippen LogP contribution in [0.3, 0.4) is 0 Å². The zero-order valence-corrected chi connectivity index (χ0v) is 18.3. The fraction of sp³-hybridized carbons (Fsp3) is 0.278. The Morgan fingerprint density at radius 3 is 2.44 bits per heavy atom. The van der Waals surface area contributed by atoms with E-state index in [1.165, 1.54) is 11.8 Å². The lowest BCUT2D eigenvalue weighted by Gasteiger charge is -2.38. The molecule has 1 atom stereocenters. The Morgan fingerprint density at radius 1 is 1.15 bits per heavy atom. The topological polar surface area (TPSA) is 42.0 Å². The number of fused-ring (bicyclic) bond motifs is 1. The number of amides is 1. The van der Waals surface area contributed by atoms with Crippen LogP contribution in [0.2, 0.25) is 10.0 Å². The van der Waals surface area contributed by atoms with Gasteiger partial charge in [0, 0.05) is 32.0 Å². The van der Waals surface area contributed by atoms with E-state index >= 15 is 0 Å². The molecule has 1 aliphatic rings. The van der Waals surface area contributed by atoms with Gasteiger partial charge in [-0.15, -0.1) is 0 Å². The Balaban J connectivity index is 2.13. The summed E-state index contributed by atoms with van der Waals surface area (Å²) in [5.41, 5.74) is 1.45. The highest BCUT2D eigenvalue weighted by atomic mass is 35.5. The van der Waals surface area contributed by atoms with Crippen LogP contribution < -0.4 is 19.6 Å². The van der Waals surface area contributed by atoms with Crippen LogP contribution in [0.5, 0.6) is 5.75 Å². The number of halogens is 2. The van der Waals surface area contributed by atoms with Gasteiger partial charge in [0.15, 0.2) is 6.42 Å². The van der Waals surface area contributed by atoms with E-state index in [1.54, 1.807) is 18.2 Å². The van der Waals surface area contributed by atoms with E-state index in [-0.39, 0.29) is 0 Å². The average molecular weight is 445 g/mol. The van der Waals surface area contributed by atoms with Crippen molar-refractivity contribution in [2.75, 3.05) is 29.8 Å². The van der Waals surface area contributed by atoms with Crippen molar-refractivity contribution in [2.45, 2.75) is 13.8 Å². The van der Waals surface area contributed by atoms with Crippen LogP contribution in [-0.4, -0.2) is 26.3 Å². The molecule has 3 rings (SSSR count). The van der Waals surface area contributed by atoms with Crippen molar-refractivity contribution in [1.29, 1.82) is 0 Å². The number of carbonyl (C=O) groups is 1. The first-order valence-corrected chi connectivity index (χ1v) is 11.8. The molecule has 0 bridgehead atoms. The lowest BCUT2D eigenvalue weighted by Crippen LogP contribution is -2.40. The summed E-state index contributed by atoms with van der Waals surface area (Å²) in [4.78, 5) is 15.0. The number of nitrogens with zero attached hydrogens (tertiary/aromatic N) is 2. The van der Waals surface area contributed by atoms with Gasteiger partial charge in [-0.25, -0.2) is 9.46 Å². The van der Waals surface area contributed by atoms with E-state index in [9.17, 15) is 4.79 Å². The molecular formula is C18H19Cl2N2O3PS. The summed E-state index contributed by atoms with van der Waals surface area (Å²) in [5.74, 6) is 0.436. The summed E-state index contributed by atoms with van der Waals surface area (Å²) in [6.07, 6.45) is -3.50. The molecular weight excluding hydrogens is 426 g/mol. The van der Waals surface area contributed by atoms with E-state index in [1.807, 2.05) is 18.2 Å². The number of anilines is 2. The minimum atomic E-state index is -2.90. The van der Waals surface area contributed by atoms with Gasteiger partial charge < -0.3 is 14.2 Å². The Bertz CT molecular complexity index is 937. The number of rotatable bonds is 5. The third-order valence-electron chi connectivity index (χ3n) is 4.41. The molecule has 0 saturated heterocycles. The Kier molecular flexibility index (Phi) is 6.04. The predicted molar refractivity (Wildman–Crippen MR) is 116 cm³/mol. The predicted octanol–water partition coefficient (Wildman–Crippen LogP) is 5.44. The molecule has 0 spiro atoms. The molecule has 0 radical (unpaired) electrons. The van der Waals surface area contributed by atoms with Crippen LogP contribution in [-0.2, 0) is 16.3 Å². The Labute approximate surface area is 173 Å². The molecule has 0 fully saturated rings. The summed E-state index contributed by atoms with van der Waals surface area (Å²) in [6.45, 7) is 5.83. The van der Waals surface area contributed by atoms with Crippen LogP contribution in [0.1, 0.15) is 13.8 Å². The second-order valence-electron chi connectivity index (χ2n) is 5.81. The average Bonchev–Trinajstić information content (AvgIpc) is 2.65. The molecule has 27 heavy (non-hydrogen) atoms. The van der Waals surface area contributed by atoms with Crippen molar-refractivity contribution >= 4 is 64.2 Å². The summed E-state index contributed by atoms with van der Waals surface area (Å²) < 4.78 is 12.7. The van der Waals surface area contributed by atoms with Crippen LogP contribution in [0.4, 0.5) is 16.2 Å². The van der Waals surface area contributed by atoms with Crippen molar-refractivity contribution in [3.8, 4) is 5.75 Å². The lowest BCUT2D eigenvalue weighted by atomic mass is 10.2. The second kappa shape index (κ2) is 7.98. The summed E-state index contributed by atoms with van der Waals surface area (Å²) >= 11 is 18.0. The van der Waals surface area contributed by atoms with Crippen molar-refractivity contribution in [2.24, 2.45) is 0 Å². The van der Waals surface area contributed by atoms with Crippen LogP contribution in [0, 0.1) is 0 Å². The summed E-state index contributed by atoms with van der Waals surface area (Å²) in [7, 11) is 1.51. The van der Waals surface area contributed by atoms with Crippen LogP contribution in [0.15, 0.2) is 36.4 Å². The first-order valence-electron chi connectivity index (χ1n) is 8.38. The standard InChI is InChI=1S/C18H19Cl2N2O3PS/c1-4-21(5-2)12-7-9-17-16(11-12)25-18(23)22(26(17,27)24-3)13-6-8-14(19)15(20)10-13/h6-11H,4-5H2,1-3H3/t26-/m0/s1. The molecule has 2 aromatic rings. The maximum absolute atomic E-state index is 12.8. The molecule has 1 aliphatic heterocycles. The molecule has 5 nitrogen and oxygen atoms in total. The molecule has 144 valence electrons. The van der Waals surface area contributed by atoms with E-state index in [0.29, 0.717) is 26.8 Å². The first-order chi connectivity index (χ1) is 12.8. The number of carbonyl (C=O) groups excluding carboxylic acids is 1. The van der Waals surface area contributed by atoms with Crippen molar-refractivity contribution in [3.63, 3.8) is 0 Å². The molecule has 9 heteroatoms. The maximum atomic E-state index is 12.8. The Morgan fingerprint density at radius 2 is 1.85 bits per heavy atom. The highest BCUT2D eigenvalue weighted by molar-refractivity contribution is 8.17. The SMILES string of the molecule is CCN(CC)c1ccc2c(c1)OC(=O)N(c1ccc(Cl)c(Cl)c1)[P@]2(=S)OC. The van der Waals surface area contributed by atoms with Gasteiger partial charge in [0.25, 0.3) is 0 Å². The minimum absolute atomic E-state index is 0.322. The molecule has 0 unspecified atom stereocenters. The molecule has 1 heterocycles. The summed E-state index contributed by atoms with van der Waals surface area (Å²) in [6, 6.07) is 10.6. The van der Waals surface area contributed by atoms with Crippen LogP contribution >= 0.6 is 29.6 Å². The third-order valence-corrected chi connectivity index (χ3v) is 9.07. The normalized spacial score (nSPS) is 18.9. The van der Waals surface area contributed by atoms with Crippen molar-refractivity contribution < 1.29 is 14.1 Å². The highest BCUT2D eigenvalue weighted by Crippen LogP contribution is 2.57. The van der Waals surface area contributed by atoms with Crippen LogP contribution in [0.25, 0.3) is 0 Å². The van der Waals surface area contributed by atoms with Gasteiger partial charge in [-0.2, -0.15) is 0 Å². The molecule has 0 N–H and O–H groups in total. The number of hydrogen-bond donors (Lipinski definition) is 0. The number of ether oxygens (including phenoxy) is 1. The number of hydrogen-bond acceptors (Lipinski definition) is 5. The van der Waals surface area contributed by atoms with Gasteiger partial charge in [0.05, 0.1) is 21.0 Å². The summed E-state index contributed by atoms with van der Waals surface area (Å²) in [5, 5.41) is 1.39. The van der Waals surface area contributed by atoms with Gasteiger partial charge in [0.1, 0.15) is 5.75 Å².